The molecule has 0 saturated heterocycles. The van der Waals surface area contributed by atoms with E-state index in [0.717, 1.165) is 5.69 Å². The number of rotatable bonds is 2. The molecule has 0 unspecified atom stereocenters. The Bertz CT molecular complexity index is 552. The Balaban J connectivity index is 2.40. The Kier molecular flexibility index (Phi) is 3.06. The largest absolute Gasteiger partial charge is 0.328 e. The first-order chi connectivity index (χ1) is 8.22. The van der Waals surface area contributed by atoms with Gasteiger partial charge in [-0.05, 0) is 31.2 Å². The standard InChI is InChI=1S/C14H13N3/c1-11-5-7-13(8-6-11)17(2)14-12(10-15)4-3-9-16-14/h3-9H,1-2H3. The van der Waals surface area contributed by atoms with Crippen LogP contribution in [0.3, 0.4) is 0 Å². The van der Waals surface area contributed by atoms with Crippen molar-refractivity contribution >= 4 is 11.5 Å². The van der Waals surface area contributed by atoms with Crippen LogP contribution in [0.4, 0.5) is 11.5 Å². The number of aryl methyl sites for hydroxylation is 1. The van der Waals surface area contributed by atoms with Gasteiger partial charge in [0.05, 0.1) is 5.56 Å². The van der Waals surface area contributed by atoms with Gasteiger partial charge in [-0.2, -0.15) is 5.26 Å². The lowest BCUT2D eigenvalue weighted by atomic mass is 10.2. The number of nitrogens with zero attached hydrogens (tertiary/aromatic N) is 3. The first-order valence-corrected chi connectivity index (χ1v) is 5.38. The van der Waals surface area contributed by atoms with Crippen molar-refractivity contribution in [2.75, 3.05) is 11.9 Å². The van der Waals surface area contributed by atoms with E-state index in [1.54, 1.807) is 18.3 Å². The van der Waals surface area contributed by atoms with Crippen molar-refractivity contribution in [3.63, 3.8) is 0 Å². The van der Waals surface area contributed by atoms with Crippen LogP contribution in [0.5, 0.6) is 0 Å². The number of anilines is 2. The van der Waals surface area contributed by atoms with E-state index in [2.05, 4.69) is 11.1 Å². The summed E-state index contributed by atoms with van der Waals surface area (Å²) in [5.74, 6) is 0.679. The van der Waals surface area contributed by atoms with Crippen LogP contribution >= 0.6 is 0 Å². The van der Waals surface area contributed by atoms with Crippen LogP contribution in [-0.2, 0) is 0 Å². The molecule has 2 rings (SSSR count). The molecule has 3 heteroatoms. The van der Waals surface area contributed by atoms with Crippen molar-refractivity contribution in [3.8, 4) is 6.07 Å². The molecule has 0 radical (unpaired) electrons. The number of hydrogen-bond donors (Lipinski definition) is 0. The maximum atomic E-state index is 9.04. The Morgan fingerprint density at radius 2 is 1.88 bits per heavy atom. The normalized spacial score (nSPS) is 9.71. The molecule has 2 aromatic rings. The van der Waals surface area contributed by atoms with Gasteiger partial charge in [0.1, 0.15) is 6.07 Å². The third-order valence-electron chi connectivity index (χ3n) is 2.65. The molecule has 0 spiro atoms. The fourth-order valence-electron chi connectivity index (χ4n) is 1.64. The minimum Gasteiger partial charge on any atom is -0.328 e. The van der Waals surface area contributed by atoms with Crippen molar-refractivity contribution in [2.24, 2.45) is 0 Å². The third-order valence-corrected chi connectivity index (χ3v) is 2.65. The quantitative estimate of drug-likeness (QED) is 0.785. The van der Waals surface area contributed by atoms with E-state index in [-0.39, 0.29) is 0 Å². The molecular formula is C14H13N3. The first kappa shape index (κ1) is 11.2. The minimum atomic E-state index is 0.579. The predicted molar refractivity (Wildman–Crippen MR) is 68.2 cm³/mol. The number of nitriles is 1. The molecule has 17 heavy (non-hydrogen) atoms. The summed E-state index contributed by atoms with van der Waals surface area (Å²) >= 11 is 0. The zero-order valence-corrected chi connectivity index (χ0v) is 9.88. The smallest absolute Gasteiger partial charge is 0.150 e. The second-order valence-corrected chi connectivity index (χ2v) is 3.88. The maximum absolute atomic E-state index is 9.04. The van der Waals surface area contributed by atoms with Crippen LogP contribution in [0.15, 0.2) is 42.6 Å². The first-order valence-electron chi connectivity index (χ1n) is 5.38. The molecule has 0 fully saturated rings. The molecule has 0 aliphatic rings. The highest BCUT2D eigenvalue weighted by Gasteiger charge is 2.09. The molecule has 1 heterocycles. The van der Waals surface area contributed by atoms with Gasteiger partial charge in [-0.1, -0.05) is 17.7 Å². The fourth-order valence-corrected chi connectivity index (χ4v) is 1.64. The highest BCUT2D eigenvalue weighted by molar-refractivity contribution is 5.64. The zero-order valence-electron chi connectivity index (χ0n) is 9.88. The highest BCUT2D eigenvalue weighted by Crippen LogP contribution is 2.24. The second-order valence-electron chi connectivity index (χ2n) is 3.88. The summed E-state index contributed by atoms with van der Waals surface area (Å²) in [6.07, 6.45) is 1.70. The van der Waals surface area contributed by atoms with E-state index in [9.17, 15) is 0 Å². The Hall–Kier alpha value is -2.34. The van der Waals surface area contributed by atoms with Crippen molar-refractivity contribution in [2.45, 2.75) is 6.92 Å². The van der Waals surface area contributed by atoms with Gasteiger partial charge in [0.25, 0.3) is 0 Å². The topological polar surface area (TPSA) is 39.9 Å². The average Bonchev–Trinajstić information content (AvgIpc) is 2.39. The second kappa shape index (κ2) is 4.67. The summed E-state index contributed by atoms with van der Waals surface area (Å²) < 4.78 is 0. The molecule has 0 amide bonds. The number of aromatic nitrogens is 1. The molecule has 0 saturated carbocycles. The van der Waals surface area contributed by atoms with E-state index in [1.807, 2.05) is 43.1 Å². The van der Waals surface area contributed by atoms with Crippen LogP contribution in [-0.4, -0.2) is 12.0 Å². The van der Waals surface area contributed by atoms with Gasteiger partial charge in [0.15, 0.2) is 5.82 Å². The summed E-state index contributed by atoms with van der Waals surface area (Å²) in [6.45, 7) is 2.05. The monoisotopic (exact) mass is 223 g/mol. The lowest BCUT2D eigenvalue weighted by Gasteiger charge is -2.19. The molecule has 0 N–H and O–H groups in total. The fraction of sp³-hybridized carbons (Fsp3) is 0.143. The molecule has 0 atom stereocenters. The highest BCUT2D eigenvalue weighted by atomic mass is 15.2. The van der Waals surface area contributed by atoms with E-state index in [1.165, 1.54) is 5.56 Å². The van der Waals surface area contributed by atoms with Gasteiger partial charge in [-0.3, -0.25) is 0 Å². The predicted octanol–water partition coefficient (Wildman–Crippen LogP) is 3.03. The number of hydrogen-bond acceptors (Lipinski definition) is 3. The zero-order chi connectivity index (χ0) is 12.3. The Morgan fingerprint density at radius 3 is 2.53 bits per heavy atom. The Labute approximate surface area is 101 Å². The van der Waals surface area contributed by atoms with Crippen molar-refractivity contribution in [1.29, 1.82) is 5.26 Å². The molecule has 0 aliphatic carbocycles. The lowest BCUT2D eigenvalue weighted by molar-refractivity contribution is 1.12. The third kappa shape index (κ3) is 2.26. The van der Waals surface area contributed by atoms with Crippen LogP contribution < -0.4 is 4.90 Å². The summed E-state index contributed by atoms with van der Waals surface area (Å²) in [6, 6.07) is 13.8. The van der Waals surface area contributed by atoms with E-state index in [4.69, 9.17) is 5.26 Å². The summed E-state index contributed by atoms with van der Waals surface area (Å²) in [5, 5.41) is 9.04. The molecule has 84 valence electrons. The molecule has 0 aliphatic heterocycles. The Morgan fingerprint density at radius 1 is 1.18 bits per heavy atom. The van der Waals surface area contributed by atoms with Gasteiger partial charge < -0.3 is 4.90 Å². The minimum absolute atomic E-state index is 0.579. The van der Waals surface area contributed by atoms with E-state index in [0.29, 0.717) is 11.4 Å². The van der Waals surface area contributed by atoms with Crippen molar-refractivity contribution in [3.05, 3.63) is 53.7 Å². The van der Waals surface area contributed by atoms with E-state index >= 15 is 0 Å². The lowest BCUT2D eigenvalue weighted by Crippen LogP contribution is -2.12. The molecular weight excluding hydrogens is 210 g/mol. The van der Waals surface area contributed by atoms with Gasteiger partial charge in [-0.15, -0.1) is 0 Å². The molecule has 3 nitrogen and oxygen atoms in total. The van der Waals surface area contributed by atoms with Gasteiger partial charge >= 0.3 is 0 Å². The molecule has 1 aromatic heterocycles. The SMILES string of the molecule is Cc1ccc(N(C)c2ncccc2C#N)cc1. The van der Waals surface area contributed by atoms with Crippen LogP contribution in [0.1, 0.15) is 11.1 Å². The van der Waals surface area contributed by atoms with Crippen molar-refractivity contribution in [1.82, 2.24) is 4.98 Å². The van der Waals surface area contributed by atoms with E-state index < -0.39 is 0 Å². The van der Waals surface area contributed by atoms with Gasteiger partial charge in [-0.25, -0.2) is 4.98 Å². The summed E-state index contributed by atoms with van der Waals surface area (Å²) in [4.78, 5) is 6.17. The summed E-state index contributed by atoms with van der Waals surface area (Å²) in [7, 11) is 1.91. The average molecular weight is 223 g/mol. The van der Waals surface area contributed by atoms with Gasteiger partial charge in [0.2, 0.25) is 0 Å². The molecule has 0 bridgehead atoms. The van der Waals surface area contributed by atoms with Crippen molar-refractivity contribution < 1.29 is 0 Å². The maximum Gasteiger partial charge on any atom is 0.150 e. The molecule has 1 aromatic carbocycles. The summed E-state index contributed by atoms with van der Waals surface area (Å²) in [5.41, 5.74) is 2.81. The van der Waals surface area contributed by atoms with Crippen LogP contribution in [0.2, 0.25) is 0 Å². The number of pyridine rings is 1. The van der Waals surface area contributed by atoms with Crippen LogP contribution in [0.25, 0.3) is 0 Å². The van der Waals surface area contributed by atoms with Gasteiger partial charge in [0, 0.05) is 18.9 Å². The number of benzene rings is 1. The van der Waals surface area contributed by atoms with Crippen LogP contribution in [0, 0.1) is 18.3 Å².